The number of aromatic nitrogens is 4. The number of nitrogens with zero attached hydrogens (tertiary/aromatic N) is 4. The Kier molecular flexibility index (Phi) is 3.74. The third-order valence-corrected chi connectivity index (χ3v) is 5.35. The highest BCUT2D eigenvalue weighted by molar-refractivity contribution is 6.19. The zero-order valence-corrected chi connectivity index (χ0v) is 16.0. The Morgan fingerprint density at radius 1 is 0.433 bits per heavy atom. The van der Waals surface area contributed by atoms with E-state index in [-0.39, 0.29) is 0 Å². The van der Waals surface area contributed by atoms with Crippen molar-refractivity contribution >= 4 is 32.8 Å². The van der Waals surface area contributed by atoms with Crippen LogP contribution in [0.4, 0.5) is 0 Å². The summed E-state index contributed by atoms with van der Waals surface area (Å²) in [6, 6.07) is 28.2. The Morgan fingerprint density at radius 2 is 0.967 bits per heavy atom. The summed E-state index contributed by atoms with van der Waals surface area (Å²) in [5.41, 5.74) is 7.21. The van der Waals surface area contributed by atoms with Crippen LogP contribution in [0.15, 0.2) is 97.3 Å². The van der Waals surface area contributed by atoms with Gasteiger partial charge in [0.2, 0.25) is 0 Å². The minimum Gasteiger partial charge on any atom is -0.256 e. The fraction of sp³-hybridized carbons (Fsp3) is 0. The van der Waals surface area contributed by atoms with Gasteiger partial charge in [-0.1, -0.05) is 48.5 Å². The van der Waals surface area contributed by atoms with Gasteiger partial charge in [0.05, 0.1) is 27.9 Å². The van der Waals surface area contributed by atoms with Gasteiger partial charge in [-0.2, -0.15) is 0 Å². The van der Waals surface area contributed by atoms with Gasteiger partial charge >= 0.3 is 0 Å². The van der Waals surface area contributed by atoms with E-state index in [4.69, 9.17) is 9.97 Å². The quantitative estimate of drug-likeness (QED) is 0.269. The lowest BCUT2D eigenvalue weighted by Crippen LogP contribution is -1.98. The second kappa shape index (κ2) is 6.71. The van der Waals surface area contributed by atoms with Crippen molar-refractivity contribution in [1.82, 2.24) is 19.9 Å². The summed E-state index contributed by atoms with van der Waals surface area (Å²) in [6.07, 6.45) is 3.63. The van der Waals surface area contributed by atoms with Crippen LogP contribution in [0.5, 0.6) is 0 Å². The van der Waals surface area contributed by atoms with Crippen molar-refractivity contribution < 1.29 is 0 Å². The molecule has 0 N–H and O–H groups in total. The van der Waals surface area contributed by atoms with Gasteiger partial charge in [-0.3, -0.25) is 9.97 Å². The molecule has 0 spiro atoms. The molecule has 0 aliphatic rings. The topological polar surface area (TPSA) is 51.6 Å². The molecule has 6 aromatic rings. The minimum atomic E-state index is 0.840. The van der Waals surface area contributed by atoms with Gasteiger partial charge in [0, 0.05) is 28.9 Å². The van der Waals surface area contributed by atoms with Crippen LogP contribution in [0.25, 0.3) is 55.4 Å². The molecule has 140 valence electrons. The second-order valence-corrected chi connectivity index (χ2v) is 7.14. The number of hydrogen-bond acceptors (Lipinski definition) is 4. The molecule has 4 nitrogen and oxygen atoms in total. The van der Waals surface area contributed by atoms with E-state index in [1.165, 1.54) is 0 Å². The highest BCUT2D eigenvalue weighted by Crippen LogP contribution is 2.42. The van der Waals surface area contributed by atoms with E-state index >= 15 is 0 Å². The van der Waals surface area contributed by atoms with Crippen molar-refractivity contribution in [3.05, 3.63) is 97.3 Å². The van der Waals surface area contributed by atoms with Crippen LogP contribution < -0.4 is 0 Å². The first-order chi connectivity index (χ1) is 14.9. The van der Waals surface area contributed by atoms with E-state index in [9.17, 15) is 0 Å². The molecule has 6 rings (SSSR count). The molecule has 3 aromatic carbocycles. The molecule has 30 heavy (non-hydrogen) atoms. The molecule has 0 amide bonds. The van der Waals surface area contributed by atoms with Gasteiger partial charge in [0.1, 0.15) is 5.52 Å². The minimum absolute atomic E-state index is 0.840. The van der Waals surface area contributed by atoms with E-state index in [2.05, 4.69) is 28.2 Å². The van der Waals surface area contributed by atoms with Gasteiger partial charge in [0.15, 0.2) is 0 Å². The van der Waals surface area contributed by atoms with Crippen LogP contribution in [-0.2, 0) is 0 Å². The summed E-state index contributed by atoms with van der Waals surface area (Å²) >= 11 is 0. The van der Waals surface area contributed by atoms with Crippen LogP contribution in [0.1, 0.15) is 0 Å². The smallest absolute Gasteiger partial charge is 0.100 e. The maximum absolute atomic E-state index is 5.06. The predicted octanol–water partition coefficient (Wildman–Crippen LogP) is 6.06. The fourth-order valence-corrected chi connectivity index (χ4v) is 4.06. The molecule has 0 unspecified atom stereocenters. The van der Waals surface area contributed by atoms with Crippen molar-refractivity contribution in [2.24, 2.45) is 0 Å². The van der Waals surface area contributed by atoms with Crippen molar-refractivity contribution in [2.45, 2.75) is 0 Å². The third kappa shape index (κ3) is 2.54. The van der Waals surface area contributed by atoms with Crippen molar-refractivity contribution in [1.29, 1.82) is 0 Å². The highest BCUT2D eigenvalue weighted by Gasteiger charge is 2.21. The van der Waals surface area contributed by atoms with Crippen molar-refractivity contribution in [2.75, 3.05) is 0 Å². The van der Waals surface area contributed by atoms with Gasteiger partial charge in [-0.15, -0.1) is 0 Å². The molecule has 0 fully saturated rings. The van der Waals surface area contributed by atoms with Crippen LogP contribution in [-0.4, -0.2) is 19.9 Å². The lowest BCUT2D eigenvalue weighted by Gasteiger charge is -2.16. The Bertz CT molecular complexity index is 1530. The zero-order valence-electron chi connectivity index (χ0n) is 16.0. The average molecular weight is 384 g/mol. The Balaban J connectivity index is 1.91. The fourth-order valence-electron chi connectivity index (χ4n) is 4.06. The van der Waals surface area contributed by atoms with Gasteiger partial charge in [0.25, 0.3) is 0 Å². The second-order valence-electron chi connectivity index (χ2n) is 7.14. The summed E-state index contributed by atoms with van der Waals surface area (Å²) in [4.78, 5) is 19.4. The van der Waals surface area contributed by atoms with Crippen LogP contribution in [0, 0.1) is 0 Å². The number of benzene rings is 3. The van der Waals surface area contributed by atoms with Gasteiger partial charge in [-0.05, 0) is 41.8 Å². The number of para-hydroxylation sites is 2. The van der Waals surface area contributed by atoms with Crippen LogP contribution in [0.2, 0.25) is 0 Å². The van der Waals surface area contributed by atoms with E-state index in [0.717, 1.165) is 55.4 Å². The van der Waals surface area contributed by atoms with Crippen molar-refractivity contribution in [3.8, 4) is 22.5 Å². The van der Waals surface area contributed by atoms with E-state index in [0.29, 0.717) is 0 Å². The first kappa shape index (κ1) is 16.7. The Morgan fingerprint density at radius 3 is 1.60 bits per heavy atom. The lowest BCUT2D eigenvalue weighted by atomic mass is 9.92. The molecule has 0 aliphatic heterocycles. The van der Waals surface area contributed by atoms with Crippen LogP contribution >= 0.6 is 0 Å². The molecule has 0 bridgehead atoms. The summed E-state index contributed by atoms with van der Waals surface area (Å²) in [6.45, 7) is 0. The molecule has 3 aromatic heterocycles. The summed E-state index contributed by atoms with van der Waals surface area (Å²) < 4.78 is 0. The predicted molar refractivity (Wildman–Crippen MR) is 121 cm³/mol. The average Bonchev–Trinajstić information content (AvgIpc) is 2.83. The number of pyridine rings is 2. The van der Waals surface area contributed by atoms with E-state index < -0.39 is 0 Å². The zero-order chi connectivity index (χ0) is 19.9. The SMILES string of the molecule is c1ccc(-c2c(-c3ccccn3)c3nc4ccccc4nc3c3ccccc23)nc1. The lowest BCUT2D eigenvalue weighted by molar-refractivity contribution is 1.30. The third-order valence-electron chi connectivity index (χ3n) is 5.35. The number of hydrogen-bond donors (Lipinski definition) is 0. The molecule has 0 aliphatic carbocycles. The van der Waals surface area contributed by atoms with Gasteiger partial charge in [-0.25, -0.2) is 9.97 Å². The summed E-state index contributed by atoms with van der Waals surface area (Å²) in [7, 11) is 0. The largest absolute Gasteiger partial charge is 0.256 e. The molecule has 0 saturated carbocycles. The molecule has 0 radical (unpaired) electrons. The van der Waals surface area contributed by atoms with E-state index in [1.54, 1.807) is 0 Å². The molecular formula is C26H16N4. The molecule has 3 heterocycles. The normalized spacial score (nSPS) is 11.3. The van der Waals surface area contributed by atoms with Gasteiger partial charge < -0.3 is 0 Å². The summed E-state index contributed by atoms with van der Waals surface area (Å²) in [5, 5.41) is 2.15. The maximum Gasteiger partial charge on any atom is 0.100 e. The number of rotatable bonds is 2. The van der Waals surface area contributed by atoms with E-state index in [1.807, 2.05) is 79.1 Å². The molecular weight excluding hydrogens is 368 g/mol. The van der Waals surface area contributed by atoms with Crippen molar-refractivity contribution in [3.63, 3.8) is 0 Å². The first-order valence-electron chi connectivity index (χ1n) is 9.84. The van der Waals surface area contributed by atoms with Crippen LogP contribution in [0.3, 0.4) is 0 Å². The molecule has 0 atom stereocenters. The molecule has 4 heteroatoms. The summed E-state index contributed by atoms with van der Waals surface area (Å²) in [5.74, 6) is 0. The standard InChI is InChI=1S/C26H16N4/c1-2-10-18-17(9-1)23(21-13-5-7-15-27-21)24(22-14-6-8-16-28-22)26-25(18)29-19-11-3-4-12-20(19)30-26/h1-16H. The maximum atomic E-state index is 5.06. The molecule has 0 saturated heterocycles. The monoisotopic (exact) mass is 384 g/mol. The number of fused-ring (bicyclic) bond motifs is 4. The first-order valence-corrected chi connectivity index (χ1v) is 9.84. The Labute approximate surface area is 172 Å². The Hall–Kier alpha value is -4.18. The highest BCUT2D eigenvalue weighted by atomic mass is 14.8.